The lowest BCUT2D eigenvalue weighted by atomic mass is 10.1. The summed E-state index contributed by atoms with van der Waals surface area (Å²) in [6.07, 6.45) is 9.14. The minimum Gasteiger partial charge on any atom is -0.316 e. The minimum atomic E-state index is 0.193. The van der Waals surface area contributed by atoms with Crippen LogP contribution in [0.2, 0.25) is 0 Å². The molecule has 0 aliphatic carbocycles. The molecule has 1 aromatic rings. The Morgan fingerprint density at radius 3 is 2.47 bits per heavy atom. The van der Waals surface area contributed by atoms with E-state index < -0.39 is 0 Å². The molecule has 0 radical (unpaired) electrons. The summed E-state index contributed by atoms with van der Waals surface area (Å²) in [6, 6.07) is 0.690. The van der Waals surface area contributed by atoms with Crippen LogP contribution in [0.15, 0.2) is 18.7 Å². The first-order valence-corrected chi connectivity index (χ1v) is 5.87. The highest BCUT2D eigenvalue weighted by molar-refractivity contribution is 4.79. The van der Waals surface area contributed by atoms with Gasteiger partial charge in [-0.25, -0.2) is 9.13 Å². The number of aromatic nitrogens is 2. The average Bonchev–Trinajstić information content (AvgIpc) is 2.67. The third kappa shape index (κ3) is 2.40. The number of nitrogens with zero attached hydrogens (tertiary/aromatic N) is 2. The van der Waals surface area contributed by atoms with Gasteiger partial charge in [0.1, 0.15) is 24.0 Å². The van der Waals surface area contributed by atoms with Crippen LogP contribution in [-0.2, 0) is 5.54 Å². The molecule has 0 unspecified atom stereocenters. The van der Waals surface area contributed by atoms with E-state index in [0.29, 0.717) is 6.04 Å². The van der Waals surface area contributed by atoms with Crippen molar-refractivity contribution >= 4 is 0 Å². The van der Waals surface area contributed by atoms with Crippen LogP contribution >= 0.6 is 0 Å². The minimum absolute atomic E-state index is 0.193. The quantitative estimate of drug-likeness (QED) is 0.693. The van der Waals surface area contributed by atoms with Crippen molar-refractivity contribution in [1.29, 1.82) is 0 Å². The fourth-order valence-electron chi connectivity index (χ4n) is 2.09. The maximum absolute atomic E-state index is 3.40. The molecule has 1 saturated heterocycles. The van der Waals surface area contributed by atoms with Crippen molar-refractivity contribution in [2.24, 2.45) is 0 Å². The van der Waals surface area contributed by atoms with Crippen molar-refractivity contribution in [1.82, 2.24) is 9.88 Å². The van der Waals surface area contributed by atoms with E-state index in [2.05, 4.69) is 53.9 Å². The molecule has 3 heteroatoms. The summed E-state index contributed by atoms with van der Waals surface area (Å²) in [6.45, 7) is 9.01. The van der Waals surface area contributed by atoms with Gasteiger partial charge in [-0.3, -0.25) is 0 Å². The normalized spacial score (nSPS) is 19.4. The van der Waals surface area contributed by atoms with Gasteiger partial charge >= 0.3 is 0 Å². The third-order valence-electron chi connectivity index (χ3n) is 3.16. The summed E-state index contributed by atoms with van der Waals surface area (Å²) in [5.41, 5.74) is 0.193. The second-order valence-corrected chi connectivity index (χ2v) is 5.42. The Kier molecular flexibility index (Phi) is 2.83. The molecule has 1 aliphatic rings. The van der Waals surface area contributed by atoms with Crippen LogP contribution < -0.4 is 9.88 Å². The van der Waals surface area contributed by atoms with Gasteiger partial charge in [-0.1, -0.05) is 0 Å². The van der Waals surface area contributed by atoms with Gasteiger partial charge in [0.05, 0.1) is 0 Å². The third-order valence-corrected chi connectivity index (χ3v) is 3.16. The Balaban J connectivity index is 2.12. The van der Waals surface area contributed by atoms with E-state index in [1.165, 1.54) is 12.8 Å². The zero-order chi connectivity index (χ0) is 10.9. The fourth-order valence-corrected chi connectivity index (χ4v) is 2.09. The Morgan fingerprint density at radius 2 is 1.93 bits per heavy atom. The van der Waals surface area contributed by atoms with E-state index in [-0.39, 0.29) is 5.54 Å². The first kappa shape index (κ1) is 10.7. The highest BCUT2D eigenvalue weighted by atomic mass is 15.2. The van der Waals surface area contributed by atoms with E-state index in [9.17, 15) is 0 Å². The van der Waals surface area contributed by atoms with Gasteiger partial charge in [0.15, 0.2) is 0 Å². The lowest BCUT2D eigenvalue weighted by Gasteiger charge is -2.20. The topological polar surface area (TPSA) is 20.8 Å². The first-order valence-electron chi connectivity index (χ1n) is 5.87. The summed E-state index contributed by atoms with van der Waals surface area (Å²) >= 11 is 0. The van der Waals surface area contributed by atoms with Crippen molar-refractivity contribution in [3.63, 3.8) is 0 Å². The predicted molar refractivity (Wildman–Crippen MR) is 60.8 cm³/mol. The molecular formula is C12H22N3+. The van der Waals surface area contributed by atoms with Crippen LogP contribution in [-0.4, -0.2) is 17.7 Å². The molecule has 84 valence electrons. The number of rotatable bonds is 1. The van der Waals surface area contributed by atoms with Crippen molar-refractivity contribution < 1.29 is 4.57 Å². The molecule has 0 saturated carbocycles. The van der Waals surface area contributed by atoms with Gasteiger partial charge < -0.3 is 5.32 Å². The molecule has 1 aromatic heterocycles. The lowest BCUT2D eigenvalue weighted by Crippen LogP contribution is -2.44. The molecule has 15 heavy (non-hydrogen) atoms. The van der Waals surface area contributed by atoms with E-state index in [4.69, 9.17) is 0 Å². The molecule has 1 aliphatic heterocycles. The molecule has 0 spiro atoms. The number of hydrogen-bond donors (Lipinski definition) is 1. The molecule has 1 fully saturated rings. The highest BCUT2D eigenvalue weighted by Gasteiger charge is 2.23. The Morgan fingerprint density at radius 1 is 1.27 bits per heavy atom. The Hall–Kier alpha value is -0.830. The number of hydrogen-bond acceptors (Lipinski definition) is 1. The highest BCUT2D eigenvalue weighted by Crippen LogP contribution is 2.15. The fraction of sp³-hybridized carbons (Fsp3) is 0.750. The van der Waals surface area contributed by atoms with E-state index in [1.54, 1.807) is 0 Å². The van der Waals surface area contributed by atoms with Crippen molar-refractivity contribution in [2.45, 2.75) is 45.2 Å². The molecule has 3 nitrogen and oxygen atoms in total. The predicted octanol–water partition coefficient (Wildman–Crippen LogP) is 1.46. The average molecular weight is 208 g/mol. The van der Waals surface area contributed by atoms with Gasteiger partial charge in [-0.2, -0.15) is 0 Å². The molecule has 0 aromatic carbocycles. The monoisotopic (exact) mass is 208 g/mol. The standard InChI is InChI=1S/C12H22N3/c1-12(2,3)15-9-8-14(10-15)11-4-6-13-7-5-11/h8-11,13H,4-7H2,1-3H3/q+1. The van der Waals surface area contributed by atoms with Crippen molar-refractivity contribution in [3.05, 3.63) is 18.7 Å². The number of piperidine rings is 1. The first-order chi connectivity index (χ1) is 7.07. The largest absolute Gasteiger partial charge is 0.316 e. The van der Waals surface area contributed by atoms with Crippen LogP contribution in [0.1, 0.15) is 39.7 Å². The van der Waals surface area contributed by atoms with Crippen LogP contribution in [0.3, 0.4) is 0 Å². The van der Waals surface area contributed by atoms with Gasteiger partial charge in [-0.05, 0) is 33.9 Å². The summed E-state index contributed by atoms with van der Waals surface area (Å²) in [7, 11) is 0. The van der Waals surface area contributed by atoms with E-state index in [0.717, 1.165) is 13.1 Å². The summed E-state index contributed by atoms with van der Waals surface area (Å²) in [4.78, 5) is 0. The van der Waals surface area contributed by atoms with Crippen molar-refractivity contribution in [2.75, 3.05) is 13.1 Å². The van der Waals surface area contributed by atoms with Crippen LogP contribution in [0.25, 0.3) is 0 Å². The smallest absolute Gasteiger partial charge is 0.244 e. The van der Waals surface area contributed by atoms with Crippen LogP contribution in [0, 0.1) is 0 Å². The van der Waals surface area contributed by atoms with Gasteiger partial charge in [0.25, 0.3) is 0 Å². The maximum Gasteiger partial charge on any atom is 0.244 e. The molecular weight excluding hydrogens is 186 g/mol. The van der Waals surface area contributed by atoms with E-state index >= 15 is 0 Å². The second-order valence-electron chi connectivity index (χ2n) is 5.42. The zero-order valence-electron chi connectivity index (χ0n) is 10.0. The molecule has 2 rings (SSSR count). The van der Waals surface area contributed by atoms with Gasteiger partial charge in [0.2, 0.25) is 6.33 Å². The summed E-state index contributed by atoms with van der Waals surface area (Å²) in [5.74, 6) is 0. The SMILES string of the molecule is CC(C)(C)n1cc[n+](C2CCNCC2)c1. The lowest BCUT2D eigenvalue weighted by molar-refractivity contribution is -0.724. The van der Waals surface area contributed by atoms with Crippen molar-refractivity contribution in [3.8, 4) is 0 Å². The molecule has 0 atom stereocenters. The second kappa shape index (κ2) is 3.97. The molecule has 2 heterocycles. The van der Waals surface area contributed by atoms with Crippen LogP contribution in [0.4, 0.5) is 0 Å². The number of imidazole rings is 1. The Bertz CT molecular complexity index is 316. The number of nitrogens with one attached hydrogen (secondary N) is 1. The molecule has 0 amide bonds. The summed E-state index contributed by atoms with van der Waals surface area (Å²) in [5, 5.41) is 3.40. The maximum atomic E-state index is 3.40. The van der Waals surface area contributed by atoms with E-state index in [1.807, 2.05) is 0 Å². The van der Waals surface area contributed by atoms with Gasteiger partial charge in [-0.15, -0.1) is 0 Å². The molecule has 1 N–H and O–H groups in total. The summed E-state index contributed by atoms with van der Waals surface area (Å²) < 4.78 is 4.65. The Labute approximate surface area is 92.1 Å². The van der Waals surface area contributed by atoms with Gasteiger partial charge in [0, 0.05) is 12.8 Å². The van der Waals surface area contributed by atoms with Crippen LogP contribution in [0.5, 0.6) is 0 Å². The molecule has 0 bridgehead atoms. The zero-order valence-corrected chi connectivity index (χ0v) is 10.0.